The fourth-order valence-corrected chi connectivity index (χ4v) is 3.08. The highest BCUT2D eigenvalue weighted by Gasteiger charge is 2.16. The Hall–Kier alpha value is -3.18. The van der Waals surface area contributed by atoms with E-state index in [1.165, 1.54) is 4.80 Å². The molecule has 2 aromatic carbocycles. The van der Waals surface area contributed by atoms with Crippen molar-refractivity contribution in [2.24, 2.45) is 0 Å². The molecule has 0 aliphatic carbocycles. The molecule has 27 heavy (non-hydrogen) atoms. The number of hydrogen-bond acceptors (Lipinski definition) is 4. The largest absolute Gasteiger partial charge is 0.505 e. The summed E-state index contributed by atoms with van der Waals surface area (Å²) in [5.74, 6) is 0.182. The van der Waals surface area contributed by atoms with Gasteiger partial charge in [-0.3, -0.25) is 4.90 Å². The molecule has 0 saturated heterocycles. The van der Waals surface area contributed by atoms with Crippen molar-refractivity contribution in [3.05, 3.63) is 85.5 Å². The molecule has 138 valence electrons. The second-order valence-electron chi connectivity index (χ2n) is 6.37. The van der Waals surface area contributed by atoms with Crippen LogP contribution in [-0.4, -0.2) is 38.1 Å². The molecule has 0 fully saturated rings. The summed E-state index contributed by atoms with van der Waals surface area (Å²) in [6.45, 7) is 13.4. The standard InChI is InChI=1S/C22H24N4O/c1-4-9-17-14-18(16-25(12-5-2)13-6-3)22(27)21(15-17)26-23-19-10-7-8-11-20(19)24-26/h4-8,10-11,14-15,27H,1-3,9,12-13,16H2. The lowest BCUT2D eigenvalue weighted by Crippen LogP contribution is -2.23. The molecule has 0 amide bonds. The lowest BCUT2D eigenvalue weighted by atomic mass is 10.0. The van der Waals surface area contributed by atoms with Crippen molar-refractivity contribution in [1.82, 2.24) is 19.9 Å². The zero-order chi connectivity index (χ0) is 19.2. The number of aromatic nitrogens is 3. The van der Waals surface area contributed by atoms with Crippen LogP contribution in [-0.2, 0) is 13.0 Å². The van der Waals surface area contributed by atoms with E-state index in [2.05, 4.69) is 34.8 Å². The molecule has 1 aromatic heterocycles. The van der Waals surface area contributed by atoms with Crippen molar-refractivity contribution in [3.8, 4) is 11.4 Å². The SMILES string of the molecule is C=CCc1cc(CN(CC=C)CC=C)c(O)c(-n2nc3ccccc3n2)c1. The van der Waals surface area contributed by atoms with Gasteiger partial charge in [0.15, 0.2) is 0 Å². The minimum Gasteiger partial charge on any atom is -0.505 e. The van der Waals surface area contributed by atoms with E-state index in [9.17, 15) is 5.11 Å². The monoisotopic (exact) mass is 360 g/mol. The molecule has 0 saturated carbocycles. The molecule has 1 heterocycles. The van der Waals surface area contributed by atoms with Gasteiger partial charge in [0.2, 0.25) is 0 Å². The van der Waals surface area contributed by atoms with E-state index in [1.54, 1.807) is 0 Å². The Morgan fingerprint density at radius 2 is 1.59 bits per heavy atom. The predicted octanol–water partition coefficient (Wildman–Crippen LogP) is 4.03. The summed E-state index contributed by atoms with van der Waals surface area (Å²) in [5.41, 5.74) is 4.00. The molecule has 5 heteroatoms. The van der Waals surface area contributed by atoms with E-state index in [-0.39, 0.29) is 5.75 Å². The van der Waals surface area contributed by atoms with Gasteiger partial charge in [0.25, 0.3) is 0 Å². The van der Waals surface area contributed by atoms with Crippen molar-refractivity contribution < 1.29 is 5.11 Å². The Balaban J connectivity index is 2.07. The number of aromatic hydroxyl groups is 1. The number of phenolic OH excluding ortho intramolecular Hbond substituents is 1. The third-order valence-electron chi connectivity index (χ3n) is 4.28. The van der Waals surface area contributed by atoms with Crippen LogP contribution in [0.4, 0.5) is 0 Å². The second kappa shape index (κ2) is 8.47. The van der Waals surface area contributed by atoms with Gasteiger partial charge in [-0.25, -0.2) is 0 Å². The number of phenols is 1. The number of fused-ring (bicyclic) bond motifs is 1. The minimum absolute atomic E-state index is 0.182. The molecule has 0 bridgehead atoms. The van der Waals surface area contributed by atoms with Crippen LogP contribution in [0.15, 0.2) is 74.4 Å². The molecule has 0 radical (unpaired) electrons. The predicted molar refractivity (Wildman–Crippen MR) is 110 cm³/mol. The van der Waals surface area contributed by atoms with E-state index in [1.807, 2.05) is 54.6 Å². The highest BCUT2D eigenvalue weighted by molar-refractivity contribution is 5.73. The average molecular weight is 360 g/mol. The fourth-order valence-electron chi connectivity index (χ4n) is 3.08. The summed E-state index contributed by atoms with van der Waals surface area (Å²) in [4.78, 5) is 3.64. The van der Waals surface area contributed by atoms with Gasteiger partial charge in [0.05, 0.1) is 0 Å². The van der Waals surface area contributed by atoms with E-state index in [4.69, 9.17) is 0 Å². The molecule has 0 spiro atoms. The molecule has 0 aliphatic rings. The van der Waals surface area contributed by atoms with Crippen molar-refractivity contribution >= 4 is 11.0 Å². The summed E-state index contributed by atoms with van der Waals surface area (Å²) in [6, 6.07) is 11.6. The Kier molecular flexibility index (Phi) is 5.84. The number of allylic oxidation sites excluding steroid dienone is 1. The van der Waals surface area contributed by atoms with Crippen LogP contribution in [0.1, 0.15) is 11.1 Å². The highest BCUT2D eigenvalue weighted by atomic mass is 16.3. The highest BCUT2D eigenvalue weighted by Crippen LogP contribution is 2.29. The van der Waals surface area contributed by atoms with Crippen molar-refractivity contribution in [2.75, 3.05) is 13.1 Å². The average Bonchev–Trinajstić information content (AvgIpc) is 3.08. The van der Waals surface area contributed by atoms with E-state index in [0.29, 0.717) is 31.7 Å². The molecule has 0 unspecified atom stereocenters. The third kappa shape index (κ3) is 4.15. The second-order valence-corrected chi connectivity index (χ2v) is 6.37. The van der Waals surface area contributed by atoms with Crippen molar-refractivity contribution in [1.29, 1.82) is 0 Å². The summed E-state index contributed by atoms with van der Waals surface area (Å²) in [6.07, 6.45) is 6.23. The first-order valence-corrected chi connectivity index (χ1v) is 8.88. The van der Waals surface area contributed by atoms with Gasteiger partial charge in [-0.05, 0) is 30.2 Å². The topological polar surface area (TPSA) is 54.2 Å². The first-order chi connectivity index (χ1) is 13.2. The van der Waals surface area contributed by atoms with Gasteiger partial charge in [-0.15, -0.1) is 34.7 Å². The molecule has 0 aliphatic heterocycles. The lowest BCUT2D eigenvalue weighted by Gasteiger charge is -2.21. The summed E-state index contributed by atoms with van der Waals surface area (Å²) < 4.78 is 0. The zero-order valence-corrected chi connectivity index (χ0v) is 15.4. The van der Waals surface area contributed by atoms with Crippen LogP contribution in [0.3, 0.4) is 0 Å². The maximum atomic E-state index is 10.9. The normalized spacial score (nSPS) is 11.0. The van der Waals surface area contributed by atoms with Crippen molar-refractivity contribution in [3.63, 3.8) is 0 Å². The molecule has 0 atom stereocenters. The van der Waals surface area contributed by atoms with Crippen LogP contribution in [0, 0.1) is 0 Å². The lowest BCUT2D eigenvalue weighted by molar-refractivity contribution is 0.320. The maximum absolute atomic E-state index is 10.9. The first-order valence-electron chi connectivity index (χ1n) is 8.88. The molecular weight excluding hydrogens is 336 g/mol. The van der Waals surface area contributed by atoms with E-state index >= 15 is 0 Å². The fraction of sp³-hybridized carbons (Fsp3) is 0.182. The van der Waals surface area contributed by atoms with E-state index in [0.717, 1.165) is 22.2 Å². The Labute approximate surface area is 159 Å². The van der Waals surface area contributed by atoms with Crippen LogP contribution in [0.2, 0.25) is 0 Å². The van der Waals surface area contributed by atoms with Crippen LogP contribution in [0.25, 0.3) is 16.7 Å². The molecule has 3 aromatic rings. The van der Waals surface area contributed by atoms with Crippen molar-refractivity contribution in [2.45, 2.75) is 13.0 Å². The Bertz CT molecular complexity index is 931. The number of rotatable bonds is 9. The van der Waals surface area contributed by atoms with Gasteiger partial charge in [-0.1, -0.05) is 36.4 Å². The first kappa shape index (κ1) is 18.6. The number of benzene rings is 2. The zero-order valence-electron chi connectivity index (χ0n) is 15.4. The molecular formula is C22H24N4O. The molecule has 1 N–H and O–H groups in total. The van der Waals surface area contributed by atoms with Gasteiger partial charge >= 0.3 is 0 Å². The molecule has 3 rings (SSSR count). The van der Waals surface area contributed by atoms with Gasteiger partial charge in [0.1, 0.15) is 22.5 Å². The number of nitrogens with zero attached hydrogens (tertiary/aromatic N) is 4. The quantitative estimate of drug-likeness (QED) is 0.586. The summed E-state index contributed by atoms with van der Waals surface area (Å²) in [7, 11) is 0. The van der Waals surface area contributed by atoms with Crippen LogP contribution in [0.5, 0.6) is 5.75 Å². The number of hydrogen-bond donors (Lipinski definition) is 1. The minimum atomic E-state index is 0.182. The summed E-state index contributed by atoms with van der Waals surface area (Å²) >= 11 is 0. The van der Waals surface area contributed by atoms with Crippen LogP contribution >= 0.6 is 0 Å². The smallest absolute Gasteiger partial charge is 0.147 e. The third-order valence-corrected chi connectivity index (χ3v) is 4.28. The van der Waals surface area contributed by atoms with Crippen LogP contribution < -0.4 is 0 Å². The van der Waals surface area contributed by atoms with Gasteiger partial charge in [0, 0.05) is 25.2 Å². The van der Waals surface area contributed by atoms with Gasteiger partial charge in [-0.2, -0.15) is 0 Å². The molecule has 5 nitrogen and oxygen atoms in total. The Morgan fingerprint density at radius 3 is 2.15 bits per heavy atom. The van der Waals surface area contributed by atoms with Gasteiger partial charge < -0.3 is 5.11 Å². The maximum Gasteiger partial charge on any atom is 0.147 e. The Morgan fingerprint density at radius 1 is 0.963 bits per heavy atom. The van der Waals surface area contributed by atoms with E-state index < -0.39 is 0 Å². The summed E-state index contributed by atoms with van der Waals surface area (Å²) in [5, 5.41) is 20.0.